The van der Waals surface area contributed by atoms with E-state index in [0.29, 0.717) is 19.1 Å². The van der Waals surface area contributed by atoms with Crippen molar-refractivity contribution in [2.45, 2.75) is 19.8 Å². The summed E-state index contributed by atoms with van der Waals surface area (Å²) in [6.45, 7) is 3.96. The second kappa shape index (κ2) is 7.43. The third-order valence-corrected chi connectivity index (χ3v) is 1.90. The van der Waals surface area contributed by atoms with Crippen LogP contribution >= 0.6 is 11.6 Å². The molecule has 1 heterocycles. The van der Waals surface area contributed by atoms with Gasteiger partial charge in [0.05, 0.1) is 6.61 Å². The molecule has 0 unspecified atom stereocenters. The van der Waals surface area contributed by atoms with Crippen molar-refractivity contribution in [1.82, 2.24) is 9.97 Å². The molecule has 0 radical (unpaired) electrons. The highest BCUT2D eigenvalue weighted by atomic mass is 35.5. The topological polar surface area (TPSA) is 44.2 Å². The summed E-state index contributed by atoms with van der Waals surface area (Å²) in [5.74, 6) is 0.481. The number of hydrogen-bond acceptors (Lipinski definition) is 4. The van der Waals surface area contributed by atoms with E-state index in [1.807, 2.05) is 0 Å². The first kappa shape index (κ1) is 12.2. The Labute approximate surface area is 94.6 Å². The van der Waals surface area contributed by atoms with Crippen molar-refractivity contribution in [3.05, 3.63) is 17.5 Å². The molecule has 84 valence electrons. The highest BCUT2D eigenvalue weighted by Crippen LogP contribution is 2.07. The average Bonchev–Trinajstić information content (AvgIpc) is 2.23. The number of rotatable bonds is 7. The van der Waals surface area contributed by atoms with Gasteiger partial charge in [-0.3, -0.25) is 0 Å². The van der Waals surface area contributed by atoms with Crippen molar-refractivity contribution in [3.63, 3.8) is 0 Å². The van der Waals surface area contributed by atoms with E-state index in [1.165, 1.54) is 0 Å². The average molecular weight is 231 g/mol. The Kier molecular flexibility index (Phi) is 6.04. The molecule has 1 aromatic heterocycles. The first-order chi connectivity index (χ1) is 7.33. The molecular formula is C10H15ClN2O2. The van der Waals surface area contributed by atoms with E-state index in [2.05, 4.69) is 16.9 Å². The lowest BCUT2D eigenvalue weighted by atomic mass is 10.4. The molecule has 0 fully saturated rings. The van der Waals surface area contributed by atoms with Crippen LogP contribution in [-0.2, 0) is 4.74 Å². The van der Waals surface area contributed by atoms with Crippen LogP contribution in [-0.4, -0.2) is 29.8 Å². The van der Waals surface area contributed by atoms with E-state index in [0.717, 1.165) is 19.4 Å². The highest BCUT2D eigenvalue weighted by molar-refractivity contribution is 6.28. The zero-order valence-electron chi connectivity index (χ0n) is 8.78. The van der Waals surface area contributed by atoms with E-state index >= 15 is 0 Å². The number of hydrogen-bond donors (Lipinski definition) is 0. The van der Waals surface area contributed by atoms with Gasteiger partial charge < -0.3 is 9.47 Å². The molecule has 0 spiro atoms. The molecule has 0 aliphatic heterocycles. The van der Waals surface area contributed by atoms with Gasteiger partial charge in [0.2, 0.25) is 11.2 Å². The van der Waals surface area contributed by atoms with Gasteiger partial charge in [0.1, 0.15) is 6.61 Å². The van der Waals surface area contributed by atoms with Crippen molar-refractivity contribution in [1.29, 1.82) is 0 Å². The quantitative estimate of drug-likeness (QED) is 0.533. The first-order valence-electron chi connectivity index (χ1n) is 5.02. The van der Waals surface area contributed by atoms with E-state index < -0.39 is 0 Å². The van der Waals surface area contributed by atoms with E-state index in [4.69, 9.17) is 21.1 Å². The van der Waals surface area contributed by atoms with Crippen LogP contribution in [0.3, 0.4) is 0 Å². The van der Waals surface area contributed by atoms with Crippen molar-refractivity contribution < 1.29 is 9.47 Å². The lowest BCUT2D eigenvalue weighted by Gasteiger charge is -2.05. The smallest absolute Gasteiger partial charge is 0.225 e. The van der Waals surface area contributed by atoms with Crippen LogP contribution < -0.4 is 4.74 Å². The van der Waals surface area contributed by atoms with Crippen molar-refractivity contribution >= 4 is 11.6 Å². The van der Waals surface area contributed by atoms with Crippen LogP contribution in [0.1, 0.15) is 19.8 Å². The third-order valence-electron chi connectivity index (χ3n) is 1.72. The maximum Gasteiger partial charge on any atom is 0.225 e. The minimum atomic E-state index is 0.194. The first-order valence-corrected chi connectivity index (χ1v) is 5.40. The molecular weight excluding hydrogens is 216 g/mol. The number of unbranched alkanes of at least 4 members (excludes halogenated alkanes) is 1. The predicted octanol–water partition coefficient (Wildman–Crippen LogP) is 2.33. The lowest BCUT2D eigenvalue weighted by molar-refractivity contribution is 0.0965. The summed E-state index contributed by atoms with van der Waals surface area (Å²) in [6.07, 6.45) is 3.78. The molecule has 0 aromatic carbocycles. The summed E-state index contributed by atoms with van der Waals surface area (Å²) < 4.78 is 10.6. The van der Waals surface area contributed by atoms with Gasteiger partial charge in [0.15, 0.2) is 0 Å². The standard InChI is InChI=1S/C10H15ClN2O2/c1-2-3-6-14-7-8-15-9-4-5-12-10(11)13-9/h4-5H,2-3,6-8H2,1H3. The highest BCUT2D eigenvalue weighted by Gasteiger charge is 1.96. The summed E-state index contributed by atoms with van der Waals surface area (Å²) in [5.41, 5.74) is 0. The van der Waals surface area contributed by atoms with Crippen LogP contribution in [0.25, 0.3) is 0 Å². The van der Waals surface area contributed by atoms with Gasteiger partial charge in [-0.25, -0.2) is 4.98 Å². The van der Waals surface area contributed by atoms with Crippen molar-refractivity contribution in [3.8, 4) is 5.88 Å². The molecule has 0 aliphatic carbocycles. The predicted molar refractivity (Wildman–Crippen MR) is 58.3 cm³/mol. The van der Waals surface area contributed by atoms with Crippen LogP contribution in [0.15, 0.2) is 12.3 Å². The normalized spacial score (nSPS) is 10.3. The molecule has 0 saturated heterocycles. The molecule has 1 aromatic rings. The minimum absolute atomic E-state index is 0.194. The lowest BCUT2D eigenvalue weighted by Crippen LogP contribution is -2.08. The minimum Gasteiger partial charge on any atom is -0.475 e. The Morgan fingerprint density at radius 1 is 1.33 bits per heavy atom. The molecule has 0 amide bonds. The molecule has 1 rings (SSSR count). The van der Waals surface area contributed by atoms with E-state index in [1.54, 1.807) is 12.3 Å². The Morgan fingerprint density at radius 3 is 2.93 bits per heavy atom. The summed E-state index contributed by atoms with van der Waals surface area (Å²) >= 11 is 5.59. The maximum absolute atomic E-state index is 5.59. The fourth-order valence-corrected chi connectivity index (χ4v) is 1.09. The maximum atomic E-state index is 5.59. The zero-order chi connectivity index (χ0) is 10.9. The Hall–Kier alpha value is -0.870. The van der Waals surface area contributed by atoms with Crippen molar-refractivity contribution in [2.75, 3.05) is 19.8 Å². The van der Waals surface area contributed by atoms with Gasteiger partial charge in [-0.2, -0.15) is 4.98 Å². The molecule has 0 N–H and O–H groups in total. The Balaban J connectivity index is 2.10. The van der Waals surface area contributed by atoms with Gasteiger partial charge in [-0.1, -0.05) is 13.3 Å². The Bertz CT molecular complexity index is 284. The monoisotopic (exact) mass is 230 g/mol. The number of aromatic nitrogens is 2. The fraction of sp³-hybridized carbons (Fsp3) is 0.600. The van der Waals surface area contributed by atoms with Crippen LogP contribution in [0.2, 0.25) is 5.28 Å². The van der Waals surface area contributed by atoms with Gasteiger partial charge in [0, 0.05) is 18.9 Å². The molecule has 0 bridgehead atoms. The molecule has 5 heteroatoms. The van der Waals surface area contributed by atoms with Crippen LogP contribution in [0.5, 0.6) is 5.88 Å². The summed E-state index contributed by atoms with van der Waals surface area (Å²) in [7, 11) is 0. The van der Waals surface area contributed by atoms with E-state index in [9.17, 15) is 0 Å². The summed E-state index contributed by atoms with van der Waals surface area (Å²) in [4.78, 5) is 7.64. The van der Waals surface area contributed by atoms with Crippen LogP contribution in [0.4, 0.5) is 0 Å². The molecule has 0 atom stereocenters. The second-order valence-corrected chi connectivity index (χ2v) is 3.32. The zero-order valence-corrected chi connectivity index (χ0v) is 9.54. The van der Waals surface area contributed by atoms with Crippen LogP contribution in [0, 0.1) is 0 Å². The van der Waals surface area contributed by atoms with Gasteiger partial charge in [-0.15, -0.1) is 0 Å². The van der Waals surface area contributed by atoms with Gasteiger partial charge in [0.25, 0.3) is 0 Å². The van der Waals surface area contributed by atoms with Crippen molar-refractivity contribution in [2.24, 2.45) is 0 Å². The third kappa shape index (κ3) is 5.54. The second-order valence-electron chi connectivity index (χ2n) is 2.98. The Morgan fingerprint density at radius 2 is 2.20 bits per heavy atom. The molecule has 0 saturated carbocycles. The number of ether oxygens (including phenoxy) is 2. The van der Waals surface area contributed by atoms with Gasteiger partial charge >= 0.3 is 0 Å². The van der Waals surface area contributed by atoms with E-state index in [-0.39, 0.29) is 5.28 Å². The SMILES string of the molecule is CCCCOCCOc1ccnc(Cl)n1. The number of halogens is 1. The largest absolute Gasteiger partial charge is 0.475 e. The van der Waals surface area contributed by atoms with Gasteiger partial charge in [-0.05, 0) is 18.0 Å². The molecule has 15 heavy (non-hydrogen) atoms. The fourth-order valence-electron chi connectivity index (χ4n) is 0.954. The summed E-state index contributed by atoms with van der Waals surface area (Å²) in [6, 6.07) is 1.66. The number of nitrogens with zero attached hydrogens (tertiary/aromatic N) is 2. The molecule has 0 aliphatic rings. The molecule has 4 nitrogen and oxygen atoms in total. The summed E-state index contributed by atoms with van der Waals surface area (Å²) in [5, 5.41) is 0.194.